The maximum absolute atomic E-state index is 11.7. The molecular weight excluding hydrogens is 213 g/mol. The number of rotatable bonds is 4. The van der Waals surface area contributed by atoms with Gasteiger partial charge >= 0.3 is 6.18 Å². The van der Waals surface area contributed by atoms with Gasteiger partial charge in [0.15, 0.2) is 0 Å². The Labute approximate surface area is 83.6 Å². The SMILES string of the molecule is O=C(CCC(F)(F)F)Cc1ccsc1. The molecule has 78 valence electrons. The molecule has 0 N–H and O–H groups in total. The molecule has 1 rings (SSSR count). The lowest BCUT2D eigenvalue weighted by atomic mass is 10.1. The molecule has 1 aromatic rings. The van der Waals surface area contributed by atoms with Gasteiger partial charge in [0.1, 0.15) is 5.78 Å². The summed E-state index contributed by atoms with van der Waals surface area (Å²) < 4.78 is 35.2. The highest BCUT2D eigenvalue weighted by Crippen LogP contribution is 2.22. The van der Waals surface area contributed by atoms with Crippen molar-refractivity contribution in [2.75, 3.05) is 0 Å². The molecule has 0 unspecified atom stereocenters. The molecule has 0 aliphatic heterocycles. The summed E-state index contributed by atoms with van der Waals surface area (Å²) in [5.74, 6) is -0.360. The van der Waals surface area contributed by atoms with Crippen LogP contribution in [0.2, 0.25) is 0 Å². The Morgan fingerprint density at radius 3 is 2.64 bits per heavy atom. The van der Waals surface area contributed by atoms with Crippen molar-refractivity contribution < 1.29 is 18.0 Å². The molecule has 1 nitrogen and oxygen atoms in total. The van der Waals surface area contributed by atoms with E-state index in [2.05, 4.69) is 0 Å². The van der Waals surface area contributed by atoms with Crippen LogP contribution in [0.4, 0.5) is 13.2 Å². The van der Waals surface area contributed by atoms with Gasteiger partial charge in [-0.25, -0.2) is 0 Å². The van der Waals surface area contributed by atoms with Crippen LogP contribution in [0.1, 0.15) is 18.4 Å². The molecule has 0 amide bonds. The van der Waals surface area contributed by atoms with Crippen LogP contribution >= 0.6 is 11.3 Å². The molecule has 14 heavy (non-hydrogen) atoms. The van der Waals surface area contributed by atoms with Crippen molar-refractivity contribution in [3.63, 3.8) is 0 Å². The first-order valence-corrected chi connectivity index (χ1v) is 5.01. The van der Waals surface area contributed by atoms with Crippen molar-refractivity contribution in [1.82, 2.24) is 0 Å². The quantitative estimate of drug-likeness (QED) is 0.764. The summed E-state index contributed by atoms with van der Waals surface area (Å²) in [7, 11) is 0. The monoisotopic (exact) mass is 222 g/mol. The fourth-order valence-electron chi connectivity index (χ4n) is 0.990. The molecule has 0 atom stereocenters. The van der Waals surface area contributed by atoms with Crippen LogP contribution in [-0.4, -0.2) is 12.0 Å². The second kappa shape index (κ2) is 4.59. The van der Waals surface area contributed by atoms with Crippen LogP contribution in [-0.2, 0) is 11.2 Å². The lowest BCUT2D eigenvalue weighted by molar-refractivity contribution is -0.143. The van der Waals surface area contributed by atoms with E-state index < -0.39 is 19.0 Å². The Hall–Kier alpha value is -0.840. The van der Waals surface area contributed by atoms with Crippen molar-refractivity contribution in [1.29, 1.82) is 0 Å². The Kier molecular flexibility index (Phi) is 3.69. The summed E-state index contributed by atoms with van der Waals surface area (Å²) in [6.45, 7) is 0. The number of alkyl halides is 3. The minimum Gasteiger partial charge on any atom is -0.299 e. The third-order valence-corrected chi connectivity index (χ3v) is 2.40. The number of carbonyl (C=O) groups excluding carboxylic acids is 1. The van der Waals surface area contributed by atoms with Crippen LogP contribution < -0.4 is 0 Å². The lowest BCUT2D eigenvalue weighted by Gasteiger charge is -2.04. The second-order valence-electron chi connectivity index (χ2n) is 2.96. The molecule has 1 heterocycles. The van der Waals surface area contributed by atoms with Crippen LogP contribution in [0.25, 0.3) is 0 Å². The molecule has 1 aromatic heterocycles. The smallest absolute Gasteiger partial charge is 0.299 e. The van der Waals surface area contributed by atoms with Crippen LogP contribution in [0.3, 0.4) is 0 Å². The van der Waals surface area contributed by atoms with Gasteiger partial charge in [0.25, 0.3) is 0 Å². The summed E-state index contributed by atoms with van der Waals surface area (Å²) >= 11 is 1.43. The van der Waals surface area contributed by atoms with Crippen LogP contribution in [0.5, 0.6) is 0 Å². The van der Waals surface area contributed by atoms with E-state index in [1.807, 2.05) is 0 Å². The van der Waals surface area contributed by atoms with E-state index in [0.717, 1.165) is 5.56 Å². The average molecular weight is 222 g/mol. The fourth-order valence-corrected chi connectivity index (χ4v) is 1.66. The number of hydrogen-bond acceptors (Lipinski definition) is 2. The molecule has 0 fully saturated rings. The Morgan fingerprint density at radius 1 is 1.43 bits per heavy atom. The number of carbonyl (C=O) groups is 1. The van der Waals surface area contributed by atoms with Gasteiger partial charge in [-0.05, 0) is 22.4 Å². The Morgan fingerprint density at radius 2 is 2.14 bits per heavy atom. The van der Waals surface area contributed by atoms with Crippen LogP contribution in [0, 0.1) is 0 Å². The largest absolute Gasteiger partial charge is 0.389 e. The maximum atomic E-state index is 11.7. The zero-order chi connectivity index (χ0) is 10.6. The lowest BCUT2D eigenvalue weighted by Crippen LogP contribution is -2.11. The number of Topliss-reactive ketones (excluding diaryl/α,β-unsaturated/α-hetero) is 1. The van der Waals surface area contributed by atoms with Crippen molar-refractivity contribution in [3.05, 3.63) is 22.4 Å². The molecule has 0 radical (unpaired) electrons. The third kappa shape index (κ3) is 4.41. The van der Waals surface area contributed by atoms with E-state index in [-0.39, 0.29) is 12.2 Å². The molecule has 0 bridgehead atoms. The van der Waals surface area contributed by atoms with E-state index in [9.17, 15) is 18.0 Å². The number of halogens is 3. The highest BCUT2D eigenvalue weighted by molar-refractivity contribution is 7.07. The first kappa shape index (κ1) is 11.2. The van der Waals surface area contributed by atoms with Crippen molar-refractivity contribution in [2.24, 2.45) is 0 Å². The molecule has 0 spiro atoms. The molecule has 0 saturated carbocycles. The van der Waals surface area contributed by atoms with E-state index >= 15 is 0 Å². The molecular formula is C9H9F3OS. The molecule has 0 aromatic carbocycles. The summed E-state index contributed by atoms with van der Waals surface area (Å²) in [6, 6.07) is 1.75. The minimum absolute atomic E-state index is 0.111. The standard InChI is InChI=1S/C9H9F3OS/c10-9(11,12)3-1-8(13)5-7-2-4-14-6-7/h2,4,6H,1,3,5H2. The van der Waals surface area contributed by atoms with Gasteiger partial charge in [0.05, 0.1) is 6.42 Å². The summed E-state index contributed by atoms with van der Waals surface area (Å²) in [6.07, 6.45) is -5.56. The topological polar surface area (TPSA) is 17.1 Å². The first-order chi connectivity index (χ1) is 6.47. The second-order valence-corrected chi connectivity index (χ2v) is 3.74. The minimum atomic E-state index is -4.23. The summed E-state index contributed by atoms with van der Waals surface area (Å²) in [5.41, 5.74) is 0.794. The summed E-state index contributed by atoms with van der Waals surface area (Å²) in [5, 5.41) is 3.57. The van der Waals surface area contributed by atoms with Gasteiger partial charge in [-0.3, -0.25) is 4.79 Å². The van der Waals surface area contributed by atoms with Gasteiger partial charge in [0.2, 0.25) is 0 Å². The number of ketones is 1. The van der Waals surface area contributed by atoms with E-state index in [4.69, 9.17) is 0 Å². The number of thiophene rings is 1. The van der Waals surface area contributed by atoms with Gasteiger partial charge in [-0.1, -0.05) is 0 Å². The highest BCUT2D eigenvalue weighted by Gasteiger charge is 2.27. The van der Waals surface area contributed by atoms with Gasteiger partial charge in [0, 0.05) is 12.8 Å². The van der Waals surface area contributed by atoms with Crippen molar-refractivity contribution in [2.45, 2.75) is 25.4 Å². The van der Waals surface area contributed by atoms with Gasteiger partial charge < -0.3 is 0 Å². The normalized spacial score (nSPS) is 11.6. The van der Waals surface area contributed by atoms with E-state index in [0.29, 0.717) is 0 Å². The van der Waals surface area contributed by atoms with Crippen molar-refractivity contribution in [3.8, 4) is 0 Å². The summed E-state index contributed by atoms with van der Waals surface area (Å²) in [4.78, 5) is 11.1. The maximum Gasteiger partial charge on any atom is 0.389 e. The zero-order valence-electron chi connectivity index (χ0n) is 7.30. The first-order valence-electron chi connectivity index (χ1n) is 4.07. The Bertz CT molecular complexity index is 290. The predicted octanol–water partition coefficient (Wildman–Crippen LogP) is 3.20. The van der Waals surface area contributed by atoms with Crippen molar-refractivity contribution >= 4 is 17.1 Å². The molecule has 0 aliphatic rings. The molecule has 0 saturated heterocycles. The van der Waals surface area contributed by atoms with Gasteiger partial charge in [-0.2, -0.15) is 24.5 Å². The van der Waals surface area contributed by atoms with E-state index in [1.54, 1.807) is 16.8 Å². The number of hydrogen-bond donors (Lipinski definition) is 0. The Balaban J connectivity index is 2.30. The van der Waals surface area contributed by atoms with Gasteiger partial charge in [-0.15, -0.1) is 0 Å². The molecule has 0 aliphatic carbocycles. The zero-order valence-corrected chi connectivity index (χ0v) is 8.12. The fraction of sp³-hybridized carbons (Fsp3) is 0.444. The molecule has 5 heteroatoms. The van der Waals surface area contributed by atoms with E-state index in [1.165, 1.54) is 11.3 Å². The highest BCUT2D eigenvalue weighted by atomic mass is 32.1. The van der Waals surface area contributed by atoms with Crippen LogP contribution in [0.15, 0.2) is 16.8 Å². The predicted molar refractivity (Wildman–Crippen MR) is 48.3 cm³/mol. The third-order valence-electron chi connectivity index (χ3n) is 1.67. The average Bonchev–Trinajstić information content (AvgIpc) is 2.52.